The minimum atomic E-state index is -2.41. The number of rotatable bonds is 9. The molecule has 0 unspecified atom stereocenters. The van der Waals surface area contributed by atoms with Crippen molar-refractivity contribution >= 4 is 8.80 Å². The van der Waals surface area contributed by atoms with Gasteiger partial charge in [0.15, 0.2) is 0 Å². The van der Waals surface area contributed by atoms with Crippen molar-refractivity contribution in [3.05, 3.63) is 0 Å². The molecule has 0 fully saturated rings. The monoisotopic (exact) mass is 246 g/mol. The van der Waals surface area contributed by atoms with Gasteiger partial charge in [-0.3, -0.25) is 0 Å². The van der Waals surface area contributed by atoms with E-state index in [0.29, 0.717) is 6.42 Å². The average molecular weight is 246 g/mol. The Labute approximate surface area is 99.3 Å². The Morgan fingerprint density at radius 2 is 1.69 bits per heavy atom. The standard InChI is InChI=1S/C10H22N2O3Si/c1-12(8-5-7-11)9-6-10-16(13-2,14-3)15-4/h5-6,8-10H2,1-4H3. The van der Waals surface area contributed by atoms with Crippen LogP contribution in [0.25, 0.3) is 0 Å². The second-order valence-corrected chi connectivity index (χ2v) is 6.70. The van der Waals surface area contributed by atoms with Crippen LogP contribution in [0.3, 0.4) is 0 Å². The molecule has 0 rings (SSSR count). The quantitative estimate of drug-likeness (QED) is 0.570. The van der Waals surface area contributed by atoms with Gasteiger partial charge in [0.2, 0.25) is 0 Å². The largest absolute Gasteiger partial charge is 0.500 e. The molecule has 5 nitrogen and oxygen atoms in total. The average Bonchev–Trinajstić information content (AvgIpc) is 2.33. The van der Waals surface area contributed by atoms with Crippen LogP contribution in [-0.2, 0) is 13.3 Å². The molecule has 94 valence electrons. The third-order valence-corrected chi connectivity index (χ3v) is 5.39. The van der Waals surface area contributed by atoms with Crippen LogP contribution in [0.5, 0.6) is 0 Å². The second kappa shape index (κ2) is 8.67. The van der Waals surface area contributed by atoms with Crippen molar-refractivity contribution in [1.82, 2.24) is 4.90 Å². The summed E-state index contributed by atoms with van der Waals surface area (Å²) in [5.41, 5.74) is 0. The van der Waals surface area contributed by atoms with Crippen molar-refractivity contribution in [1.29, 1.82) is 5.26 Å². The Bertz CT molecular complexity index is 208. The van der Waals surface area contributed by atoms with Gasteiger partial charge in [-0.1, -0.05) is 0 Å². The maximum atomic E-state index is 8.45. The van der Waals surface area contributed by atoms with Gasteiger partial charge in [0, 0.05) is 40.3 Å². The highest BCUT2D eigenvalue weighted by molar-refractivity contribution is 6.60. The minimum absolute atomic E-state index is 0.567. The van der Waals surface area contributed by atoms with Crippen molar-refractivity contribution in [3.63, 3.8) is 0 Å². The highest BCUT2D eigenvalue weighted by Gasteiger charge is 2.36. The van der Waals surface area contributed by atoms with Crippen LogP contribution in [-0.4, -0.2) is 55.2 Å². The van der Waals surface area contributed by atoms with E-state index in [1.807, 2.05) is 7.05 Å². The van der Waals surface area contributed by atoms with Crippen molar-refractivity contribution in [3.8, 4) is 6.07 Å². The summed E-state index contributed by atoms with van der Waals surface area (Å²) in [6.07, 6.45) is 1.52. The first kappa shape index (κ1) is 15.5. The fourth-order valence-electron chi connectivity index (χ4n) is 1.47. The van der Waals surface area contributed by atoms with E-state index < -0.39 is 8.80 Å². The van der Waals surface area contributed by atoms with Crippen molar-refractivity contribution in [2.75, 3.05) is 41.5 Å². The number of hydrogen-bond donors (Lipinski definition) is 0. The molecule has 0 amide bonds. The summed E-state index contributed by atoms with van der Waals surface area (Å²) >= 11 is 0. The van der Waals surface area contributed by atoms with Crippen molar-refractivity contribution < 1.29 is 13.3 Å². The SMILES string of the molecule is CO[Si](CCCN(C)CCC#N)(OC)OC. The molecule has 0 N–H and O–H groups in total. The third kappa shape index (κ3) is 5.58. The number of nitrogens with zero attached hydrogens (tertiary/aromatic N) is 2. The Morgan fingerprint density at radius 3 is 2.12 bits per heavy atom. The van der Waals surface area contributed by atoms with Crippen LogP contribution < -0.4 is 0 Å². The molecule has 0 aliphatic rings. The molecular weight excluding hydrogens is 224 g/mol. The van der Waals surface area contributed by atoms with Crippen LogP contribution >= 0.6 is 0 Å². The molecule has 6 heteroatoms. The zero-order valence-corrected chi connectivity index (χ0v) is 11.7. The Morgan fingerprint density at radius 1 is 1.12 bits per heavy atom. The smallest absolute Gasteiger partial charge is 0.377 e. The molecule has 0 saturated heterocycles. The fourth-order valence-corrected chi connectivity index (χ4v) is 3.18. The summed E-state index contributed by atoms with van der Waals surface area (Å²) in [6, 6.07) is 2.93. The van der Waals surface area contributed by atoms with E-state index in [4.69, 9.17) is 18.5 Å². The molecule has 0 aliphatic heterocycles. The minimum Gasteiger partial charge on any atom is -0.377 e. The topological polar surface area (TPSA) is 54.7 Å². The lowest BCUT2D eigenvalue weighted by Crippen LogP contribution is -2.43. The molecule has 0 radical (unpaired) electrons. The summed E-state index contributed by atoms with van der Waals surface area (Å²) in [5, 5.41) is 8.45. The summed E-state index contributed by atoms with van der Waals surface area (Å²) in [6.45, 7) is 1.73. The molecule has 0 saturated carbocycles. The predicted molar refractivity (Wildman–Crippen MR) is 63.9 cm³/mol. The van der Waals surface area contributed by atoms with Gasteiger partial charge in [0.25, 0.3) is 0 Å². The van der Waals surface area contributed by atoms with Crippen LogP contribution in [0.1, 0.15) is 12.8 Å². The summed E-state index contributed by atoms with van der Waals surface area (Å²) in [4.78, 5) is 2.13. The summed E-state index contributed by atoms with van der Waals surface area (Å²) in [5.74, 6) is 0. The highest BCUT2D eigenvalue weighted by Crippen LogP contribution is 2.14. The van der Waals surface area contributed by atoms with Gasteiger partial charge in [-0.05, 0) is 20.0 Å². The second-order valence-electron chi connectivity index (χ2n) is 3.61. The zero-order chi connectivity index (χ0) is 12.4. The van der Waals surface area contributed by atoms with E-state index in [1.54, 1.807) is 21.3 Å². The summed E-state index contributed by atoms with van der Waals surface area (Å²) in [7, 11) is 4.47. The van der Waals surface area contributed by atoms with E-state index in [2.05, 4.69) is 11.0 Å². The first-order valence-electron chi connectivity index (χ1n) is 5.35. The Kier molecular flexibility index (Phi) is 8.43. The molecule has 0 spiro atoms. The highest BCUT2D eigenvalue weighted by atomic mass is 28.4. The van der Waals surface area contributed by atoms with Gasteiger partial charge in [-0.15, -0.1) is 0 Å². The molecule has 0 aromatic rings. The lowest BCUT2D eigenvalue weighted by Gasteiger charge is -2.25. The van der Waals surface area contributed by atoms with Crippen molar-refractivity contribution in [2.45, 2.75) is 18.9 Å². The molecule has 0 aliphatic carbocycles. The fraction of sp³-hybridized carbons (Fsp3) is 0.900. The molecule has 0 aromatic carbocycles. The molecule has 0 heterocycles. The van der Waals surface area contributed by atoms with E-state index >= 15 is 0 Å². The van der Waals surface area contributed by atoms with Gasteiger partial charge in [0.05, 0.1) is 6.07 Å². The summed E-state index contributed by atoms with van der Waals surface area (Å²) < 4.78 is 16.0. The van der Waals surface area contributed by atoms with Gasteiger partial charge < -0.3 is 18.2 Å². The molecule has 16 heavy (non-hydrogen) atoms. The van der Waals surface area contributed by atoms with Crippen LogP contribution in [0, 0.1) is 11.3 Å². The third-order valence-electron chi connectivity index (χ3n) is 2.56. The maximum absolute atomic E-state index is 8.45. The first-order valence-corrected chi connectivity index (χ1v) is 7.28. The van der Waals surface area contributed by atoms with E-state index in [0.717, 1.165) is 25.6 Å². The lowest BCUT2D eigenvalue weighted by atomic mass is 10.4. The van der Waals surface area contributed by atoms with Crippen molar-refractivity contribution in [2.24, 2.45) is 0 Å². The molecule has 0 bridgehead atoms. The van der Waals surface area contributed by atoms with E-state index in [1.165, 1.54) is 0 Å². The van der Waals surface area contributed by atoms with Crippen LogP contribution in [0.4, 0.5) is 0 Å². The zero-order valence-electron chi connectivity index (χ0n) is 10.7. The van der Waals surface area contributed by atoms with Gasteiger partial charge in [0.1, 0.15) is 0 Å². The first-order chi connectivity index (χ1) is 7.64. The normalized spacial score (nSPS) is 11.8. The van der Waals surface area contributed by atoms with Crippen LogP contribution in [0.15, 0.2) is 0 Å². The van der Waals surface area contributed by atoms with E-state index in [-0.39, 0.29) is 0 Å². The molecule has 0 atom stereocenters. The molecular formula is C10H22N2O3Si. The molecule has 0 aromatic heterocycles. The van der Waals surface area contributed by atoms with Gasteiger partial charge >= 0.3 is 8.80 Å². The lowest BCUT2D eigenvalue weighted by molar-refractivity contribution is 0.122. The maximum Gasteiger partial charge on any atom is 0.500 e. The van der Waals surface area contributed by atoms with Gasteiger partial charge in [-0.25, -0.2) is 0 Å². The Balaban J connectivity index is 3.82. The van der Waals surface area contributed by atoms with E-state index in [9.17, 15) is 0 Å². The van der Waals surface area contributed by atoms with Crippen LogP contribution in [0.2, 0.25) is 6.04 Å². The number of nitriles is 1. The predicted octanol–water partition coefficient (Wildman–Crippen LogP) is 1.10. The van der Waals surface area contributed by atoms with Gasteiger partial charge in [-0.2, -0.15) is 5.26 Å². The number of hydrogen-bond acceptors (Lipinski definition) is 5. The Hall–Kier alpha value is -0.453.